The molecule has 0 saturated carbocycles. The van der Waals surface area contributed by atoms with E-state index in [-0.39, 0.29) is 12.2 Å². The third-order valence-corrected chi connectivity index (χ3v) is 3.29. The maximum absolute atomic E-state index is 13.2. The van der Waals surface area contributed by atoms with Crippen molar-refractivity contribution in [3.05, 3.63) is 66.0 Å². The molecule has 2 aromatic heterocycles. The van der Waals surface area contributed by atoms with Gasteiger partial charge in [-0.3, -0.25) is 9.67 Å². The number of halogens is 3. The third-order valence-electron chi connectivity index (χ3n) is 3.29. The van der Waals surface area contributed by atoms with E-state index in [1.54, 1.807) is 42.5 Å². The second-order valence-corrected chi connectivity index (χ2v) is 5.03. The van der Waals surface area contributed by atoms with Crippen molar-refractivity contribution in [1.82, 2.24) is 14.8 Å². The van der Waals surface area contributed by atoms with E-state index in [1.807, 2.05) is 0 Å². The van der Waals surface area contributed by atoms with Gasteiger partial charge in [0, 0.05) is 0 Å². The first kappa shape index (κ1) is 15.1. The summed E-state index contributed by atoms with van der Waals surface area (Å²) >= 11 is 0. The highest BCUT2D eigenvalue weighted by Gasteiger charge is 2.36. The monoisotopic (exact) mass is 318 g/mol. The molecule has 0 saturated heterocycles. The van der Waals surface area contributed by atoms with Gasteiger partial charge in [-0.25, -0.2) is 0 Å². The normalized spacial score (nSPS) is 11.6. The second kappa shape index (κ2) is 5.75. The summed E-state index contributed by atoms with van der Waals surface area (Å²) in [6.07, 6.45) is -3.10. The Morgan fingerprint density at radius 2 is 1.74 bits per heavy atom. The molecule has 118 valence electrons. The Morgan fingerprint density at radius 1 is 1.00 bits per heavy atom. The summed E-state index contributed by atoms with van der Waals surface area (Å²) in [5.41, 5.74) is 6.41. The number of nitrogen functional groups attached to an aromatic ring is 1. The van der Waals surface area contributed by atoms with Gasteiger partial charge in [0.05, 0.1) is 24.1 Å². The van der Waals surface area contributed by atoms with Crippen LogP contribution in [0.15, 0.2) is 54.7 Å². The minimum atomic E-state index is -4.49. The SMILES string of the molecule is Nc1ccc(-c2cc(C(F)(F)F)n(Cc3ccccc3)n2)nc1. The van der Waals surface area contributed by atoms with Gasteiger partial charge in [0.2, 0.25) is 0 Å². The lowest BCUT2D eigenvalue weighted by Gasteiger charge is -2.10. The molecule has 0 fully saturated rings. The predicted octanol–water partition coefficient (Wildman–Crippen LogP) is 3.59. The minimum Gasteiger partial charge on any atom is -0.397 e. The molecule has 3 aromatic rings. The fraction of sp³-hybridized carbons (Fsp3) is 0.125. The van der Waals surface area contributed by atoms with Crippen LogP contribution in [0.3, 0.4) is 0 Å². The van der Waals surface area contributed by atoms with Crippen LogP contribution in [-0.2, 0) is 12.7 Å². The van der Waals surface area contributed by atoms with Crippen molar-refractivity contribution in [1.29, 1.82) is 0 Å². The first-order valence-electron chi connectivity index (χ1n) is 6.84. The van der Waals surface area contributed by atoms with E-state index in [9.17, 15) is 13.2 Å². The van der Waals surface area contributed by atoms with E-state index >= 15 is 0 Å². The molecule has 2 heterocycles. The van der Waals surface area contributed by atoms with E-state index in [4.69, 9.17) is 5.73 Å². The van der Waals surface area contributed by atoms with Crippen molar-refractivity contribution in [2.45, 2.75) is 12.7 Å². The van der Waals surface area contributed by atoms with E-state index in [0.29, 0.717) is 11.4 Å². The molecule has 0 radical (unpaired) electrons. The molecule has 0 aliphatic rings. The van der Waals surface area contributed by atoms with Gasteiger partial charge in [-0.15, -0.1) is 0 Å². The first-order valence-corrected chi connectivity index (χ1v) is 6.84. The standard InChI is InChI=1S/C16H13F3N4/c17-16(18,19)15-8-14(13-7-6-12(20)9-21-13)22-23(15)10-11-4-2-1-3-5-11/h1-9H,10,20H2. The highest BCUT2D eigenvalue weighted by atomic mass is 19.4. The Labute approximate surface area is 130 Å². The molecule has 0 unspecified atom stereocenters. The van der Waals surface area contributed by atoms with Gasteiger partial charge in [-0.05, 0) is 23.8 Å². The van der Waals surface area contributed by atoms with E-state index in [0.717, 1.165) is 16.3 Å². The number of hydrogen-bond donors (Lipinski definition) is 1. The van der Waals surface area contributed by atoms with Crippen molar-refractivity contribution in [3.63, 3.8) is 0 Å². The molecular weight excluding hydrogens is 305 g/mol. The number of rotatable bonds is 3. The summed E-state index contributed by atoms with van der Waals surface area (Å²) in [5, 5.41) is 4.07. The first-order chi connectivity index (χ1) is 10.9. The molecular formula is C16H13F3N4. The zero-order chi connectivity index (χ0) is 16.4. The van der Waals surface area contributed by atoms with Crippen LogP contribution in [0.25, 0.3) is 11.4 Å². The van der Waals surface area contributed by atoms with Crippen LogP contribution in [-0.4, -0.2) is 14.8 Å². The molecule has 0 aliphatic heterocycles. The Bertz CT molecular complexity index is 792. The molecule has 0 bridgehead atoms. The highest BCUT2D eigenvalue weighted by Crippen LogP contribution is 2.32. The molecule has 3 rings (SSSR count). The van der Waals surface area contributed by atoms with Gasteiger partial charge in [0.25, 0.3) is 0 Å². The molecule has 0 atom stereocenters. The summed E-state index contributed by atoms with van der Waals surface area (Å²) in [6.45, 7) is 0.0324. The van der Waals surface area contributed by atoms with Gasteiger partial charge < -0.3 is 5.73 Å². The Morgan fingerprint density at radius 3 is 2.35 bits per heavy atom. The molecule has 1 aromatic carbocycles. The Hall–Kier alpha value is -2.83. The number of aromatic nitrogens is 3. The fourth-order valence-corrected chi connectivity index (χ4v) is 2.20. The molecule has 0 amide bonds. The number of anilines is 1. The van der Waals surface area contributed by atoms with Crippen molar-refractivity contribution in [2.75, 3.05) is 5.73 Å². The van der Waals surface area contributed by atoms with Gasteiger partial charge in [-0.1, -0.05) is 30.3 Å². The zero-order valence-electron chi connectivity index (χ0n) is 12.0. The van der Waals surface area contributed by atoms with Gasteiger partial charge in [0.1, 0.15) is 11.4 Å². The zero-order valence-corrected chi connectivity index (χ0v) is 12.0. The number of nitrogens with zero attached hydrogens (tertiary/aromatic N) is 3. The number of pyridine rings is 1. The molecule has 0 aliphatic carbocycles. The average Bonchev–Trinajstić information content (AvgIpc) is 2.93. The van der Waals surface area contributed by atoms with Crippen LogP contribution in [0.4, 0.5) is 18.9 Å². The van der Waals surface area contributed by atoms with Crippen LogP contribution in [0.5, 0.6) is 0 Å². The van der Waals surface area contributed by atoms with Crippen LogP contribution >= 0.6 is 0 Å². The van der Waals surface area contributed by atoms with Crippen molar-refractivity contribution in [3.8, 4) is 11.4 Å². The van der Waals surface area contributed by atoms with E-state index in [2.05, 4.69) is 10.1 Å². The summed E-state index contributed by atoms with van der Waals surface area (Å²) in [7, 11) is 0. The van der Waals surface area contributed by atoms with Crippen LogP contribution in [0, 0.1) is 0 Å². The summed E-state index contributed by atoms with van der Waals surface area (Å²) in [4.78, 5) is 4.02. The summed E-state index contributed by atoms with van der Waals surface area (Å²) < 4.78 is 40.7. The second-order valence-electron chi connectivity index (χ2n) is 5.03. The smallest absolute Gasteiger partial charge is 0.397 e. The molecule has 2 N–H and O–H groups in total. The van der Waals surface area contributed by atoms with Crippen molar-refractivity contribution in [2.24, 2.45) is 0 Å². The Kier molecular flexibility index (Phi) is 3.77. The van der Waals surface area contributed by atoms with Crippen LogP contribution < -0.4 is 5.73 Å². The third kappa shape index (κ3) is 3.33. The fourth-order valence-electron chi connectivity index (χ4n) is 2.20. The predicted molar refractivity (Wildman–Crippen MR) is 80.4 cm³/mol. The lowest BCUT2D eigenvalue weighted by molar-refractivity contribution is -0.144. The topological polar surface area (TPSA) is 56.7 Å². The van der Waals surface area contributed by atoms with Crippen molar-refractivity contribution >= 4 is 5.69 Å². The molecule has 0 spiro atoms. The average molecular weight is 318 g/mol. The van der Waals surface area contributed by atoms with Crippen LogP contribution in [0.2, 0.25) is 0 Å². The number of alkyl halides is 3. The summed E-state index contributed by atoms with van der Waals surface area (Å²) in [5.74, 6) is 0. The van der Waals surface area contributed by atoms with E-state index < -0.39 is 11.9 Å². The lowest BCUT2D eigenvalue weighted by Crippen LogP contribution is -2.15. The number of hydrogen-bond acceptors (Lipinski definition) is 3. The minimum absolute atomic E-state index is 0.0324. The number of nitrogens with two attached hydrogens (primary N) is 1. The molecule has 23 heavy (non-hydrogen) atoms. The van der Waals surface area contributed by atoms with Gasteiger partial charge in [0.15, 0.2) is 0 Å². The summed E-state index contributed by atoms with van der Waals surface area (Å²) in [6, 6.07) is 13.0. The van der Waals surface area contributed by atoms with Gasteiger partial charge in [-0.2, -0.15) is 18.3 Å². The van der Waals surface area contributed by atoms with Crippen LogP contribution in [0.1, 0.15) is 11.3 Å². The molecule has 4 nitrogen and oxygen atoms in total. The van der Waals surface area contributed by atoms with Crippen molar-refractivity contribution < 1.29 is 13.2 Å². The maximum Gasteiger partial charge on any atom is 0.433 e. The maximum atomic E-state index is 13.2. The Balaban J connectivity index is 2.02. The van der Waals surface area contributed by atoms with Gasteiger partial charge >= 0.3 is 6.18 Å². The number of benzene rings is 1. The quantitative estimate of drug-likeness (QED) is 0.803. The largest absolute Gasteiger partial charge is 0.433 e. The lowest BCUT2D eigenvalue weighted by atomic mass is 10.2. The molecule has 7 heteroatoms. The highest BCUT2D eigenvalue weighted by molar-refractivity contribution is 5.56. The van der Waals surface area contributed by atoms with E-state index in [1.165, 1.54) is 6.20 Å².